The largest absolute Gasteiger partial charge is 0.325 e. The summed E-state index contributed by atoms with van der Waals surface area (Å²) in [5.41, 5.74) is -1.83. The van der Waals surface area contributed by atoms with Gasteiger partial charge in [-0.25, -0.2) is 4.79 Å². The summed E-state index contributed by atoms with van der Waals surface area (Å²) in [6, 6.07) is 4.12. The molecular formula is C17H16N4O5. The van der Waals surface area contributed by atoms with Crippen LogP contribution in [0.25, 0.3) is 0 Å². The van der Waals surface area contributed by atoms with E-state index in [1.165, 1.54) is 18.2 Å². The lowest BCUT2D eigenvalue weighted by Crippen LogP contribution is -2.45. The Morgan fingerprint density at radius 1 is 1.04 bits per heavy atom. The SMILES string of the molecule is CC(C)(C)N1C(=O)c2ccc(C(=O)Nc3c[nH]c(=O)[nH]c3=O)cc2C1=O. The summed E-state index contributed by atoms with van der Waals surface area (Å²) in [7, 11) is 0. The normalized spacial score (nSPS) is 13.7. The van der Waals surface area contributed by atoms with E-state index in [1.54, 1.807) is 20.8 Å². The summed E-state index contributed by atoms with van der Waals surface area (Å²) in [5.74, 6) is -1.55. The van der Waals surface area contributed by atoms with E-state index >= 15 is 0 Å². The van der Waals surface area contributed by atoms with Gasteiger partial charge in [-0.3, -0.25) is 29.1 Å². The molecule has 1 aliphatic heterocycles. The zero-order chi connectivity index (χ0) is 19.2. The third kappa shape index (κ3) is 2.83. The Labute approximate surface area is 147 Å². The number of aromatic amines is 2. The summed E-state index contributed by atoms with van der Waals surface area (Å²) in [4.78, 5) is 65.4. The highest BCUT2D eigenvalue weighted by Crippen LogP contribution is 2.29. The molecule has 0 radical (unpaired) electrons. The van der Waals surface area contributed by atoms with E-state index in [0.29, 0.717) is 0 Å². The minimum Gasteiger partial charge on any atom is -0.316 e. The lowest BCUT2D eigenvalue weighted by atomic mass is 10.1. The Bertz CT molecular complexity index is 1060. The molecule has 26 heavy (non-hydrogen) atoms. The van der Waals surface area contributed by atoms with Crippen LogP contribution in [-0.2, 0) is 0 Å². The molecule has 2 heterocycles. The van der Waals surface area contributed by atoms with Crippen molar-refractivity contribution in [1.82, 2.24) is 14.9 Å². The Hall–Kier alpha value is -3.49. The van der Waals surface area contributed by atoms with Crippen molar-refractivity contribution in [2.45, 2.75) is 26.3 Å². The zero-order valence-corrected chi connectivity index (χ0v) is 14.3. The molecule has 0 fully saturated rings. The smallest absolute Gasteiger partial charge is 0.316 e. The van der Waals surface area contributed by atoms with E-state index in [0.717, 1.165) is 11.1 Å². The van der Waals surface area contributed by atoms with Gasteiger partial charge in [-0.05, 0) is 39.0 Å². The van der Waals surface area contributed by atoms with Crippen molar-refractivity contribution in [1.29, 1.82) is 0 Å². The molecule has 0 bridgehead atoms. The molecule has 3 rings (SSSR count). The van der Waals surface area contributed by atoms with Crippen molar-refractivity contribution in [2.24, 2.45) is 0 Å². The highest BCUT2D eigenvalue weighted by molar-refractivity contribution is 6.22. The summed E-state index contributed by atoms with van der Waals surface area (Å²) >= 11 is 0. The maximum absolute atomic E-state index is 12.6. The number of H-pyrrole nitrogens is 2. The molecule has 0 saturated heterocycles. The summed E-state index contributed by atoms with van der Waals surface area (Å²) < 4.78 is 0. The molecule has 0 unspecified atom stereocenters. The Morgan fingerprint density at radius 2 is 1.69 bits per heavy atom. The fourth-order valence-electron chi connectivity index (χ4n) is 2.69. The number of fused-ring (bicyclic) bond motifs is 1. The molecule has 3 N–H and O–H groups in total. The van der Waals surface area contributed by atoms with Crippen molar-refractivity contribution < 1.29 is 14.4 Å². The van der Waals surface area contributed by atoms with Crippen LogP contribution in [0.2, 0.25) is 0 Å². The molecule has 1 aliphatic rings. The molecule has 1 aromatic carbocycles. The van der Waals surface area contributed by atoms with Gasteiger partial charge < -0.3 is 10.3 Å². The van der Waals surface area contributed by atoms with Gasteiger partial charge in [0.2, 0.25) is 0 Å². The first-order valence-corrected chi connectivity index (χ1v) is 7.76. The topological polar surface area (TPSA) is 132 Å². The van der Waals surface area contributed by atoms with Gasteiger partial charge in [0, 0.05) is 17.3 Å². The maximum atomic E-state index is 12.6. The highest BCUT2D eigenvalue weighted by Gasteiger charge is 2.42. The second-order valence-electron chi connectivity index (χ2n) is 6.82. The second kappa shape index (κ2) is 5.80. The van der Waals surface area contributed by atoms with Crippen LogP contribution in [0.4, 0.5) is 5.69 Å². The molecule has 9 heteroatoms. The van der Waals surface area contributed by atoms with E-state index in [4.69, 9.17) is 0 Å². The molecule has 0 saturated carbocycles. The number of rotatable bonds is 2. The van der Waals surface area contributed by atoms with E-state index in [1.807, 2.05) is 4.98 Å². The van der Waals surface area contributed by atoms with Crippen molar-refractivity contribution in [3.8, 4) is 0 Å². The standard InChI is InChI=1S/C17H16N4O5/c1-17(2,3)21-14(24)9-5-4-8(6-10(9)15(21)25)12(22)19-11-7-18-16(26)20-13(11)23/h4-7H,1-3H3,(H,19,22)(H2,18,20,23,26). The van der Waals surface area contributed by atoms with Crippen LogP contribution in [0.5, 0.6) is 0 Å². The molecule has 0 spiro atoms. The molecule has 3 amide bonds. The number of nitrogens with one attached hydrogen (secondary N) is 3. The third-order valence-electron chi connectivity index (χ3n) is 3.89. The van der Waals surface area contributed by atoms with Crippen molar-refractivity contribution in [3.63, 3.8) is 0 Å². The van der Waals surface area contributed by atoms with Crippen molar-refractivity contribution >= 4 is 23.4 Å². The van der Waals surface area contributed by atoms with Gasteiger partial charge in [0.15, 0.2) is 0 Å². The molecular weight excluding hydrogens is 340 g/mol. The van der Waals surface area contributed by atoms with Crippen LogP contribution < -0.4 is 16.6 Å². The Kier molecular flexibility index (Phi) is 3.87. The second-order valence-corrected chi connectivity index (χ2v) is 6.82. The van der Waals surface area contributed by atoms with Gasteiger partial charge in [0.1, 0.15) is 5.69 Å². The van der Waals surface area contributed by atoms with E-state index in [9.17, 15) is 24.0 Å². The molecule has 0 atom stereocenters. The van der Waals surface area contributed by atoms with Gasteiger partial charge in [-0.15, -0.1) is 0 Å². The van der Waals surface area contributed by atoms with Gasteiger partial charge in [0.25, 0.3) is 23.3 Å². The number of benzene rings is 1. The molecule has 9 nitrogen and oxygen atoms in total. The number of carbonyl (C=O) groups is 3. The first-order valence-electron chi connectivity index (χ1n) is 7.76. The van der Waals surface area contributed by atoms with Crippen LogP contribution in [0.3, 0.4) is 0 Å². The fourth-order valence-corrected chi connectivity index (χ4v) is 2.69. The van der Waals surface area contributed by atoms with Crippen molar-refractivity contribution in [2.75, 3.05) is 5.32 Å². The third-order valence-corrected chi connectivity index (χ3v) is 3.89. The van der Waals surface area contributed by atoms with Gasteiger partial charge >= 0.3 is 5.69 Å². The van der Waals surface area contributed by atoms with E-state index in [2.05, 4.69) is 10.3 Å². The van der Waals surface area contributed by atoms with Crippen LogP contribution in [0.15, 0.2) is 34.0 Å². The number of imide groups is 1. The average Bonchev–Trinajstić information content (AvgIpc) is 2.80. The molecule has 134 valence electrons. The first-order chi connectivity index (χ1) is 12.1. The highest BCUT2D eigenvalue weighted by atomic mass is 16.2. The predicted molar refractivity (Wildman–Crippen MR) is 92.3 cm³/mol. The summed E-state index contributed by atoms with van der Waals surface area (Å²) in [5, 5.41) is 2.35. The number of aromatic nitrogens is 2. The van der Waals surface area contributed by atoms with Crippen LogP contribution in [-0.4, -0.2) is 38.1 Å². The van der Waals surface area contributed by atoms with E-state index in [-0.39, 0.29) is 22.4 Å². The number of hydrogen-bond acceptors (Lipinski definition) is 5. The predicted octanol–water partition coefficient (Wildman–Crippen LogP) is 0.710. The lowest BCUT2D eigenvalue weighted by molar-refractivity contribution is 0.0507. The zero-order valence-electron chi connectivity index (χ0n) is 14.3. The minimum absolute atomic E-state index is 0.103. The van der Waals surface area contributed by atoms with Crippen LogP contribution >= 0.6 is 0 Å². The molecule has 0 aliphatic carbocycles. The molecule has 1 aromatic heterocycles. The van der Waals surface area contributed by atoms with Gasteiger partial charge in [-0.1, -0.05) is 0 Å². The Morgan fingerprint density at radius 3 is 2.31 bits per heavy atom. The number of anilines is 1. The van der Waals surface area contributed by atoms with E-state index < -0.39 is 34.5 Å². The maximum Gasteiger partial charge on any atom is 0.325 e. The monoisotopic (exact) mass is 356 g/mol. The quantitative estimate of drug-likeness (QED) is 0.682. The number of amides is 3. The fraction of sp³-hybridized carbons (Fsp3) is 0.235. The summed E-state index contributed by atoms with van der Waals surface area (Å²) in [6.07, 6.45) is 1.07. The average molecular weight is 356 g/mol. The lowest BCUT2D eigenvalue weighted by Gasteiger charge is -2.29. The van der Waals surface area contributed by atoms with Gasteiger partial charge in [-0.2, -0.15) is 0 Å². The van der Waals surface area contributed by atoms with Gasteiger partial charge in [0.05, 0.1) is 11.1 Å². The van der Waals surface area contributed by atoms with Crippen LogP contribution in [0, 0.1) is 0 Å². The van der Waals surface area contributed by atoms with Crippen molar-refractivity contribution in [3.05, 3.63) is 61.9 Å². The number of carbonyl (C=O) groups excluding carboxylic acids is 3. The van der Waals surface area contributed by atoms with Crippen LogP contribution in [0.1, 0.15) is 51.8 Å². The first kappa shape index (κ1) is 17.3. The Balaban J connectivity index is 1.93. The minimum atomic E-state index is -0.756. The molecule has 2 aromatic rings. The summed E-state index contributed by atoms with van der Waals surface area (Å²) in [6.45, 7) is 5.22. The number of hydrogen-bond donors (Lipinski definition) is 3. The number of nitrogens with zero attached hydrogens (tertiary/aromatic N) is 1.